The van der Waals surface area contributed by atoms with Crippen molar-refractivity contribution in [2.24, 2.45) is 4.99 Å². The summed E-state index contributed by atoms with van der Waals surface area (Å²) in [6, 6.07) is 3.47. The van der Waals surface area contributed by atoms with Gasteiger partial charge in [-0.2, -0.15) is 9.61 Å². The van der Waals surface area contributed by atoms with Gasteiger partial charge >= 0.3 is 0 Å². The lowest BCUT2D eigenvalue weighted by Crippen LogP contribution is -2.52. The number of aryl methyl sites for hydroxylation is 1. The Morgan fingerprint density at radius 1 is 1.21 bits per heavy atom. The predicted octanol–water partition coefficient (Wildman–Crippen LogP) is 2.43. The van der Waals surface area contributed by atoms with Gasteiger partial charge in [0.2, 0.25) is 0 Å². The Hall–Kier alpha value is -3.90. The number of nitrogens with two attached hydrogens (primary N) is 1. The van der Waals surface area contributed by atoms with E-state index in [1.807, 2.05) is 33.8 Å². The number of carbonyl (C=O) groups is 2. The minimum atomic E-state index is -0.676. The van der Waals surface area contributed by atoms with Gasteiger partial charge in [0.15, 0.2) is 17.6 Å². The molecule has 0 bridgehead atoms. The smallest absolute Gasteiger partial charge is 0.264 e. The van der Waals surface area contributed by atoms with Crippen molar-refractivity contribution in [3.05, 3.63) is 41.5 Å². The molecule has 5 N–H and O–H groups in total. The molecular formula is C27H37N9O3. The van der Waals surface area contributed by atoms with Crippen molar-refractivity contribution in [3.63, 3.8) is 0 Å². The van der Waals surface area contributed by atoms with E-state index >= 15 is 0 Å². The monoisotopic (exact) mass is 535 g/mol. The molecule has 0 radical (unpaired) electrons. The van der Waals surface area contributed by atoms with Gasteiger partial charge in [0, 0.05) is 29.4 Å². The van der Waals surface area contributed by atoms with Crippen molar-refractivity contribution in [1.29, 1.82) is 0 Å². The van der Waals surface area contributed by atoms with Crippen LogP contribution in [0.3, 0.4) is 0 Å². The van der Waals surface area contributed by atoms with E-state index in [9.17, 15) is 14.7 Å². The molecule has 4 rings (SSSR count). The van der Waals surface area contributed by atoms with Crippen molar-refractivity contribution in [2.45, 2.75) is 84.7 Å². The molecule has 0 fully saturated rings. The first kappa shape index (κ1) is 28.1. The maximum absolute atomic E-state index is 13.1. The lowest BCUT2D eigenvalue weighted by Gasteiger charge is -2.34. The number of nitrogens with one attached hydrogen (secondary N) is 2. The summed E-state index contributed by atoms with van der Waals surface area (Å²) in [5.74, 6) is -0.117. The lowest BCUT2D eigenvalue weighted by atomic mass is 10.0. The van der Waals surface area contributed by atoms with E-state index in [-0.39, 0.29) is 29.6 Å². The number of carbonyl (C=O) groups excluding carboxylic acids is 2. The minimum Gasteiger partial charge on any atom is -0.387 e. The van der Waals surface area contributed by atoms with Gasteiger partial charge in [0.25, 0.3) is 5.91 Å². The second-order valence-electron chi connectivity index (χ2n) is 10.1. The van der Waals surface area contributed by atoms with Crippen molar-refractivity contribution < 1.29 is 14.7 Å². The first-order valence-electron chi connectivity index (χ1n) is 13.3. The molecule has 1 aliphatic heterocycles. The largest absolute Gasteiger partial charge is 0.387 e. The number of hydrazine groups is 1. The van der Waals surface area contributed by atoms with Gasteiger partial charge in [-0.15, -0.1) is 0 Å². The molecule has 208 valence electrons. The molecule has 0 aliphatic carbocycles. The molecular weight excluding hydrogens is 498 g/mol. The fourth-order valence-corrected chi connectivity index (χ4v) is 5.01. The van der Waals surface area contributed by atoms with Crippen molar-refractivity contribution in [3.8, 4) is 11.1 Å². The van der Waals surface area contributed by atoms with Crippen LogP contribution < -0.4 is 16.6 Å². The van der Waals surface area contributed by atoms with Crippen LogP contribution in [0.1, 0.15) is 81.7 Å². The molecule has 0 aromatic carbocycles. The number of anilines is 1. The van der Waals surface area contributed by atoms with Crippen LogP contribution in [0, 0.1) is 0 Å². The van der Waals surface area contributed by atoms with Crippen LogP contribution in [0.15, 0.2) is 29.5 Å². The summed E-state index contributed by atoms with van der Waals surface area (Å²) >= 11 is 0. The van der Waals surface area contributed by atoms with E-state index in [1.165, 1.54) is 17.8 Å². The number of hydrogen-bond acceptors (Lipinski definition) is 10. The molecule has 39 heavy (non-hydrogen) atoms. The Morgan fingerprint density at radius 3 is 2.56 bits per heavy atom. The van der Waals surface area contributed by atoms with Gasteiger partial charge in [-0.25, -0.2) is 15.4 Å². The van der Waals surface area contributed by atoms with E-state index in [0.29, 0.717) is 47.4 Å². The van der Waals surface area contributed by atoms with Gasteiger partial charge in [0.05, 0.1) is 35.6 Å². The first-order chi connectivity index (χ1) is 18.6. The predicted molar refractivity (Wildman–Crippen MR) is 149 cm³/mol. The number of aromatic nitrogens is 4. The highest BCUT2D eigenvalue weighted by atomic mass is 16.3. The summed E-state index contributed by atoms with van der Waals surface area (Å²) in [6.45, 7) is 9.37. The molecule has 0 saturated carbocycles. The average Bonchev–Trinajstić information content (AvgIpc) is 3.58. The number of aliphatic hydroxyl groups is 1. The zero-order valence-corrected chi connectivity index (χ0v) is 23.0. The van der Waals surface area contributed by atoms with E-state index in [0.717, 1.165) is 12.0 Å². The van der Waals surface area contributed by atoms with Crippen LogP contribution >= 0.6 is 0 Å². The maximum atomic E-state index is 13.1. The lowest BCUT2D eigenvalue weighted by molar-refractivity contribution is -0.137. The van der Waals surface area contributed by atoms with E-state index in [2.05, 4.69) is 25.9 Å². The SMILES string of the molecule is CCCC(O)c1ccc(-c2cnn3c(N)c(C(C)=O)c(CCC(C)N(C(=O)C4N=CNN4)C(C)C)nc23)cn1. The maximum Gasteiger partial charge on any atom is 0.264 e. The fourth-order valence-electron chi connectivity index (χ4n) is 5.01. The van der Waals surface area contributed by atoms with E-state index < -0.39 is 12.3 Å². The van der Waals surface area contributed by atoms with Crippen LogP contribution in [-0.4, -0.2) is 65.9 Å². The molecule has 4 heterocycles. The summed E-state index contributed by atoms with van der Waals surface area (Å²) in [6.07, 6.45) is 5.99. The number of aliphatic hydroxyl groups excluding tert-OH is 1. The Balaban J connectivity index is 1.64. The zero-order chi connectivity index (χ0) is 28.3. The highest BCUT2D eigenvalue weighted by molar-refractivity contribution is 6.00. The van der Waals surface area contributed by atoms with Gasteiger partial charge in [-0.3, -0.25) is 14.6 Å². The Kier molecular flexibility index (Phi) is 8.56. The molecule has 1 amide bonds. The Bertz CT molecular complexity index is 1370. The third kappa shape index (κ3) is 5.76. The van der Waals surface area contributed by atoms with Gasteiger partial charge < -0.3 is 21.2 Å². The third-order valence-corrected chi connectivity index (χ3v) is 6.94. The minimum absolute atomic E-state index is 0.0503. The van der Waals surface area contributed by atoms with Gasteiger partial charge in [0.1, 0.15) is 5.82 Å². The number of fused-ring (bicyclic) bond motifs is 1. The number of Topliss-reactive ketones (excluding diaryl/α,β-unsaturated/α-hetero) is 1. The van der Waals surface area contributed by atoms with E-state index in [1.54, 1.807) is 23.4 Å². The van der Waals surface area contributed by atoms with E-state index in [4.69, 9.17) is 10.7 Å². The summed E-state index contributed by atoms with van der Waals surface area (Å²) in [4.78, 5) is 41.0. The summed E-state index contributed by atoms with van der Waals surface area (Å²) in [7, 11) is 0. The van der Waals surface area contributed by atoms with Crippen molar-refractivity contribution in [2.75, 3.05) is 5.73 Å². The quantitative estimate of drug-likeness (QED) is 0.270. The summed E-state index contributed by atoms with van der Waals surface area (Å²) in [5.41, 5.74) is 15.5. The highest BCUT2D eigenvalue weighted by Gasteiger charge is 2.31. The van der Waals surface area contributed by atoms with Crippen LogP contribution in [0.5, 0.6) is 0 Å². The standard InChI is InChI=1S/C27H37N9O3/c1-6-7-22(38)20-11-9-18(12-29-20)19-13-32-36-24(28)23(17(5)37)21(33-26(19)36)10-8-16(4)35(15(2)3)27(39)25-30-14-31-34-25/h9,11-16,22,25,34,38H,6-8,10,28H2,1-5H3,(H,30,31). The molecule has 12 heteroatoms. The van der Waals surface area contributed by atoms with Crippen LogP contribution in [0.4, 0.5) is 5.82 Å². The van der Waals surface area contributed by atoms with Crippen LogP contribution in [0.25, 0.3) is 16.8 Å². The molecule has 3 unspecified atom stereocenters. The Morgan fingerprint density at radius 2 is 1.97 bits per heavy atom. The first-order valence-corrected chi connectivity index (χ1v) is 13.3. The van der Waals surface area contributed by atoms with Crippen molar-refractivity contribution in [1.82, 2.24) is 35.3 Å². The van der Waals surface area contributed by atoms with Crippen molar-refractivity contribution >= 4 is 29.5 Å². The number of rotatable bonds is 11. The van der Waals surface area contributed by atoms with Crippen LogP contribution in [-0.2, 0) is 11.2 Å². The molecule has 0 spiro atoms. The summed E-state index contributed by atoms with van der Waals surface area (Å²) in [5, 5.41) is 14.7. The molecule has 1 aliphatic rings. The number of ketones is 1. The fraction of sp³-hybridized carbons (Fsp3) is 0.481. The van der Waals surface area contributed by atoms with Gasteiger partial charge in [-0.05, 0) is 53.0 Å². The number of pyridine rings is 1. The second-order valence-corrected chi connectivity index (χ2v) is 10.1. The molecule has 3 atom stereocenters. The summed E-state index contributed by atoms with van der Waals surface area (Å²) < 4.78 is 1.47. The molecule has 3 aromatic rings. The topological polar surface area (TPSA) is 163 Å². The zero-order valence-electron chi connectivity index (χ0n) is 23.0. The van der Waals surface area contributed by atoms with Crippen LogP contribution in [0.2, 0.25) is 0 Å². The number of amides is 1. The normalized spacial score (nSPS) is 16.4. The number of aliphatic imine (C=N–C) groups is 1. The highest BCUT2D eigenvalue weighted by Crippen LogP contribution is 2.29. The Labute approximate surface area is 227 Å². The molecule has 0 saturated heterocycles. The molecule has 3 aromatic heterocycles. The number of nitrogen functional groups attached to an aromatic ring is 1. The third-order valence-electron chi connectivity index (χ3n) is 6.94. The van der Waals surface area contributed by atoms with Gasteiger partial charge in [-0.1, -0.05) is 19.4 Å². The number of hydrogen-bond donors (Lipinski definition) is 4. The number of nitrogens with zero attached hydrogens (tertiary/aromatic N) is 6. The second kappa shape index (κ2) is 11.9. The average molecular weight is 536 g/mol. The molecule has 12 nitrogen and oxygen atoms in total.